The summed E-state index contributed by atoms with van der Waals surface area (Å²) in [6, 6.07) is 13.9. The highest BCUT2D eigenvalue weighted by molar-refractivity contribution is 7.82. The highest BCUT2D eigenvalue weighted by Gasteiger charge is 2.53. The first-order valence-corrected chi connectivity index (χ1v) is 20.8. The number of ether oxygens (including phenoxy) is 8. The molecular formula is C41H47N3O19S. The van der Waals surface area contributed by atoms with E-state index in [4.69, 9.17) is 51.8 Å². The first kappa shape index (κ1) is 50.2. The van der Waals surface area contributed by atoms with Gasteiger partial charge in [0.2, 0.25) is 12.4 Å². The number of carbonyl (C=O) groups is 5. The third-order valence-corrected chi connectivity index (χ3v) is 9.51. The molecule has 0 aliphatic carbocycles. The number of hydrogen-bond donors (Lipinski definition) is 2. The second-order valence-electron chi connectivity index (χ2n) is 13.7. The van der Waals surface area contributed by atoms with Crippen LogP contribution in [0, 0.1) is 0 Å². The van der Waals surface area contributed by atoms with Gasteiger partial charge in [-0.2, -0.15) is 0 Å². The summed E-state index contributed by atoms with van der Waals surface area (Å²) in [5.74, 6) is -4.85. The van der Waals surface area contributed by atoms with E-state index >= 15 is 0 Å². The first-order valence-electron chi connectivity index (χ1n) is 19.4. The molecule has 22 nitrogen and oxygen atoms in total. The van der Waals surface area contributed by atoms with Crippen molar-refractivity contribution < 1.29 is 88.9 Å². The van der Waals surface area contributed by atoms with Crippen LogP contribution >= 0.6 is 0 Å². The second kappa shape index (κ2) is 24.4. The molecule has 346 valence electrons. The molecule has 1 aliphatic heterocycles. The molecule has 1 unspecified atom stereocenters. The lowest BCUT2D eigenvalue weighted by Crippen LogP contribution is -2.63. The van der Waals surface area contributed by atoms with Crippen LogP contribution in [0.2, 0.25) is 0 Å². The number of carbonyl (C=O) groups excluding carboxylic acids is 5. The molecule has 1 aliphatic rings. The second-order valence-corrected chi connectivity index (χ2v) is 14.9. The Hall–Kier alpha value is -6.49. The number of hydrogen-bond acceptors (Lipinski definition) is 20. The van der Waals surface area contributed by atoms with Gasteiger partial charge < -0.3 is 56.5 Å². The van der Waals surface area contributed by atoms with Crippen LogP contribution in [0.5, 0.6) is 23.0 Å². The number of aliphatic hydroxyl groups is 2. The molecule has 3 aromatic carbocycles. The van der Waals surface area contributed by atoms with Crippen molar-refractivity contribution in [3.63, 3.8) is 0 Å². The summed E-state index contributed by atoms with van der Waals surface area (Å²) in [5.41, 5.74) is 9.98. The summed E-state index contributed by atoms with van der Waals surface area (Å²) in [6.07, 6.45) is -7.94. The first-order chi connectivity index (χ1) is 30.5. The van der Waals surface area contributed by atoms with E-state index in [0.717, 1.165) is 39.8 Å². The van der Waals surface area contributed by atoms with Crippen molar-refractivity contribution in [2.45, 2.75) is 91.1 Å². The van der Waals surface area contributed by atoms with E-state index < -0.39 is 88.9 Å². The average Bonchev–Trinajstić information content (AvgIpc) is 3.24. The normalized spacial score (nSPS) is 18.1. The van der Waals surface area contributed by atoms with Gasteiger partial charge in [0.25, 0.3) is 0 Å². The quantitative estimate of drug-likeness (QED) is 0.0246. The maximum absolute atomic E-state index is 13.5. The van der Waals surface area contributed by atoms with Gasteiger partial charge in [-0.15, -0.1) is 8.42 Å². The van der Waals surface area contributed by atoms with Crippen LogP contribution in [0.15, 0.2) is 65.8 Å². The zero-order valence-electron chi connectivity index (χ0n) is 35.1. The standard InChI is InChI=1S/C41H47N3O19S/c1-24(47)55-23-37-38(57-25(2)48)39(58-26(3)49)40(59-27(4)50)41(61-37)60-35-14-10-30(33(51)6-5-16-54-17-15-43-44-42)19-36(35)63-64(52,53)62-32-11-7-28(8-12-32)22-56-34-13-9-29(20-45)18-31(34)21-46/h7-14,18-19,37-41,45-46H,5-6,15-17,20-23H2,1-4H3/t37-,38+,39+,40-,41?/m0/s1. The molecule has 1 heterocycles. The number of aliphatic hydroxyl groups excluding tert-OH is 2. The maximum atomic E-state index is 13.5. The van der Waals surface area contributed by atoms with Crippen LogP contribution < -0.4 is 17.8 Å². The maximum Gasteiger partial charge on any atom is 0.501 e. The number of nitrogens with zero attached hydrogens (tertiary/aromatic N) is 3. The van der Waals surface area contributed by atoms with E-state index in [0.29, 0.717) is 22.4 Å². The van der Waals surface area contributed by atoms with E-state index in [1.165, 1.54) is 30.3 Å². The lowest BCUT2D eigenvalue weighted by atomic mass is 9.98. The summed E-state index contributed by atoms with van der Waals surface area (Å²) in [4.78, 5) is 64.6. The number of ketones is 1. The summed E-state index contributed by atoms with van der Waals surface area (Å²) < 4.78 is 82.2. The number of Topliss-reactive ketones (excluding diaryl/α,β-unsaturated/α-hetero) is 1. The van der Waals surface area contributed by atoms with Gasteiger partial charge >= 0.3 is 34.3 Å². The van der Waals surface area contributed by atoms with E-state index in [2.05, 4.69) is 10.0 Å². The topological polar surface area (TPSA) is 301 Å². The molecule has 3 aromatic rings. The molecule has 1 saturated heterocycles. The van der Waals surface area contributed by atoms with Gasteiger partial charge in [-0.1, -0.05) is 23.3 Å². The Morgan fingerprint density at radius 3 is 2.05 bits per heavy atom. The van der Waals surface area contributed by atoms with Crippen LogP contribution in [0.4, 0.5) is 0 Å². The highest BCUT2D eigenvalue weighted by Crippen LogP contribution is 2.36. The van der Waals surface area contributed by atoms with Gasteiger partial charge in [-0.05, 0) is 65.5 Å². The molecule has 0 radical (unpaired) electrons. The third kappa shape index (κ3) is 15.7. The Morgan fingerprint density at radius 2 is 1.41 bits per heavy atom. The minimum absolute atomic E-state index is 0.0115. The third-order valence-electron chi connectivity index (χ3n) is 8.73. The highest BCUT2D eigenvalue weighted by atomic mass is 32.3. The van der Waals surface area contributed by atoms with Gasteiger partial charge in [0, 0.05) is 63.3 Å². The molecule has 5 atom stereocenters. The SMILES string of the molecule is CC(=O)OC[C@@H]1OC(Oc2ccc(C(=O)CCCOCCN=[N+]=[N-])cc2OS(=O)(=O)Oc2ccc(COc3ccc(CO)cc3CO)cc2)[C@@H](OC(C)=O)[C@H](OC(C)=O)[C@@H]1OC(C)=O. The Labute approximate surface area is 367 Å². The molecular weight excluding hydrogens is 871 g/mol. The van der Waals surface area contributed by atoms with Crippen molar-refractivity contribution in [3.05, 3.63) is 93.4 Å². The lowest BCUT2D eigenvalue weighted by molar-refractivity contribution is -0.288. The van der Waals surface area contributed by atoms with Crippen LogP contribution in [-0.2, 0) is 77.8 Å². The van der Waals surface area contributed by atoms with E-state index in [1.54, 1.807) is 18.2 Å². The van der Waals surface area contributed by atoms with Gasteiger partial charge in [0.1, 0.15) is 30.8 Å². The van der Waals surface area contributed by atoms with Crippen molar-refractivity contribution in [2.75, 3.05) is 26.4 Å². The van der Waals surface area contributed by atoms with E-state index in [9.17, 15) is 42.6 Å². The average molecular weight is 918 g/mol. The zero-order valence-corrected chi connectivity index (χ0v) is 35.9. The van der Waals surface area contributed by atoms with Gasteiger partial charge in [0.15, 0.2) is 29.5 Å². The van der Waals surface area contributed by atoms with Crippen molar-refractivity contribution in [1.29, 1.82) is 0 Å². The number of esters is 4. The predicted molar refractivity (Wildman–Crippen MR) is 217 cm³/mol. The Balaban J connectivity index is 1.64. The molecule has 0 amide bonds. The van der Waals surface area contributed by atoms with Crippen molar-refractivity contribution >= 4 is 40.1 Å². The summed E-state index contributed by atoms with van der Waals surface area (Å²) >= 11 is 0. The fraction of sp³-hybridized carbons (Fsp3) is 0.439. The van der Waals surface area contributed by atoms with Crippen LogP contribution in [0.3, 0.4) is 0 Å². The van der Waals surface area contributed by atoms with Crippen LogP contribution in [0.25, 0.3) is 10.4 Å². The molecule has 2 N–H and O–H groups in total. The fourth-order valence-electron chi connectivity index (χ4n) is 6.03. The summed E-state index contributed by atoms with van der Waals surface area (Å²) in [5, 5.41) is 22.5. The summed E-state index contributed by atoms with van der Waals surface area (Å²) in [6.45, 7) is 3.40. The van der Waals surface area contributed by atoms with E-state index in [1.807, 2.05) is 0 Å². The lowest BCUT2D eigenvalue weighted by Gasteiger charge is -2.43. The minimum atomic E-state index is -5.06. The van der Waals surface area contributed by atoms with Crippen molar-refractivity contribution in [1.82, 2.24) is 0 Å². The minimum Gasteiger partial charge on any atom is -0.489 e. The predicted octanol–water partition coefficient (Wildman–Crippen LogP) is 3.70. The van der Waals surface area contributed by atoms with Crippen LogP contribution in [0.1, 0.15) is 67.6 Å². The van der Waals surface area contributed by atoms with Gasteiger partial charge in [-0.3, -0.25) is 24.0 Å². The molecule has 64 heavy (non-hydrogen) atoms. The molecule has 0 bridgehead atoms. The van der Waals surface area contributed by atoms with Crippen molar-refractivity contribution in [2.24, 2.45) is 5.11 Å². The summed E-state index contributed by atoms with van der Waals surface area (Å²) in [7, 11) is -5.06. The molecule has 0 saturated carbocycles. The molecule has 0 aromatic heterocycles. The monoisotopic (exact) mass is 917 g/mol. The molecule has 0 spiro atoms. The Kier molecular flexibility index (Phi) is 19.1. The zero-order chi connectivity index (χ0) is 46.8. The Morgan fingerprint density at radius 1 is 0.750 bits per heavy atom. The number of benzene rings is 3. The van der Waals surface area contributed by atoms with E-state index in [-0.39, 0.29) is 63.7 Å². The van der Waals surface area contributed by atoms with Gasteiger partial charge in [-0.25, -0.2) is 0 Å². The number of rotatable bonds is 24. The van der Waals surface area contributed by atoms with Gasteiger partial charge in [0.05, 0.1) is 19.8 Å². The fourth-order valence-corrected chi connectivity index (χ4v) is 6.76. The van der Waals surface area contributed by atoms with Crippen LogP contribution in [-0.4, -0.2) is 105 Å². The molecule has 4 rings (SSSR count). The molecule has 1 fully saturated rings. The smallest absolute Gasteiger partial charge is 0.489 e. The molecule has 23 heteroatoms. The Bertz CT molecular complexity index is 2270. The largest absolute Gasteiger partial charge is 0.501 e. The number of azide groups is 1. The van der Waals surface area contributed by atoms with Crippen molar-refractivity contribution in [3.8, 4) is 23.0 Å².